The number of carbonyl (C=O) groups excluding carboxylic acids is 1. The second-order valence-corrected chi connectivity index (χ2v) is 3.86. The second kappa shape index (κ2) is 6.13. The van der Waals surface area contributed by atoms with Crippen LogP contribution < -0.4 is 14.8 Å². The predicted molar refractivity (Wildman–Crippen MR) is 67.6 cm³/mol. The van der Waals surface area contributed by atoms with Gasteiger partial charge in [-0.15, -0.1) is 0 Å². The van der Waals surface area contributed by atoms with Crippen molar-refractivity contribution >= 4 is 11.6 Å². The van der Waals surface area contributed by atoms with Crippen LogP contribution in [0.2, 0.25) is 0 Å². The Morgan fingerprint density at radius 3 is 2.59 bits per heavy atom. The van der Waals surface area contributed by atoms with E-state index in [1.165, 1.54) is 0 Å². The fourth-order valence-corrected chi connectivity index (χ4v) is 1.34. The van der Waals surface area contributed by atoms with Crippen molar-refractivity contribution in [2.75, 3.05) is 19.5 Å². The van der Waals surface area contributed by atoms with Crippen molar-refractivity contribution in [3.05, 3.63) is 18.2 Å². The molecular formula is C13H19NO3. The van der Waals surface area contributed by atoms with Crippen LogP contribution in [0, 0.1) is 5.92 Å². The van der Waals surface area contributed by atoms with Crippen LogP contribution in [-0.4, -0.2) is 20.1 Å². The van der Waals surface area contributed by atoms with E-state index < -0.39 is 0 Å². The van der Waals surface area contributed by atoms with E-state index in [4.69, 9.17) is 9.47 Å². The van der Waals surface area contributed by atoms with Crippen LogP contribution in [0.3, 0.4) is 0 Å². The standard InChI is InChI=1S/C13H19NO3/c1-5-9(2)13(15)14-11-7-6-10(16-3)8-12(11)17-4/h6-9H,5H2,1-4H3,(H,14,15)/t9-/m0/s1. The summed E-state index contributed by atoms with van der Waals surface area (Å²) in [5.41, 5.74) is 0.665. The van der Waals surface area contributed by atoms with E-state index in [0.29, 0.717) is 17.2 Å². The van der Waals surface area contributed by atoms with Crippen LogP contribution in [0.25, 0.3) is 0 Å². The van der Waals surface area contributed by atoms with E-state index in [9.17, 15) is 4.79 Å². The fourth-order valence-electron chi connectivity index (χ4n) is 1.34. The molecular weight excluding hydrogens is 218 g/mol. The molecule has 1 N–H and O–H groups in total. The Morgan fingerprint density at radius 2 is 2.06 bits per heavy atom. The summed E-state index contributed by atoms with van der Waals surface area (Å²) < 4.78 is 10.3. The Balaban J connectivity index is 2.87. The molecule has 0 bridgehead atoms. The number of rotatable bonds is 5. The molecule has 4 heteroatoms. The Kier molecular flexibility index (Phi) is 4.82. The first-order chi connectivity index (χ1) is 8.12. The van der Waals surface area contributed by atoms with Crippen LogP contribution in [0.1, 0.15) is 20.3 Å². The summed E-state index contributed by atoms with van der Waals surface area (Å²) in [5, 5.41) is 2.84. The Labute approximate surface area is 102 Å². The summed E-state index contributed by atoms with van der Waals surface area (Å²) >= 11 is 0. The molecule has 0 saturated heterocycles. The van der Waals surface area contributed by atoms with E-state index in [1.807, 2.05) is 13.8 Å². The van der Waals surface area contributed by atoms with E-state index in [-0.39, 0.29) is 11.8 Å². The van der Waals surface area contributed by atoms with Crippen molar-refractivity contribution in [3.63, 3.8) is 0 Å². The monoisotopic (exact) mass is 237 g/mol. The molecule has 0 aliphatic heterocycles. The summed E-state index contributed by atoms with van der Waals surface area (Å²) in [6.45, 7) is 3.88. The molecule has 4 nitrogen and oxygen atoms in total. The zero-order chi connectivity index (χ0) is 12.8. The summed E-state index contributed by atoms with van der Waals surface area (Å²) in [7, 11) is 3.15. The van der Waals surface area contributed by atoms with Crippen LogP contribution in [0.5, 0.6) is 11.5 Å². The number of amides is 1. The minimum absolute atomic E-state index is 0.00373. The zero-order valence-corrected chi connectivity index (χ0v) is 10.7. The van der Waals surface area contributed by atoms with Crippen molar-refractivity contribution in [2.24, 2.45) is 5.92 Å². The van der Waals surface area contributed by atoms with Crippen LogP contribution >= 0.6 is 0 Å². The van der Waals surface area contributed by atoms with Gasteiger partial charge in [-0.05, 0) is 18.6 Å². The van der Waals surface area contributed by atoms with Gasteiger partial charge in [0.25, 0.3) is 0 Å². The number of benzene rings is 1. The maximum absolute atomic E-state index is 11.8. The molecule has 1 rings (SSSR count). The molecule has 0 fully saturated rings. The molecule has 0 aliphatic carbocycles. The molecule has 0 radical (unpaired) electrons. The van der Waals surface area contributed by atoms with Crippen molar-refractivity contribution in [3.8, 4) is 11.5 Å². The highest BCUT2D eigenvalue weighted by Crippen LogP contribution is 2.29. The third kappa shape index (κ3) is 3.37. The van der Waals surface area contributed by atoms with Crippen molar-refractivity contribution in [1.82, 2.24) is 0 Å². The van der Waals surface area contributed by atoms with Gasteiger partial charge in [0.15, 0.2) is 0 Å². The maximum Gasteiger partial charge on any atom is 0.227 e. The van der Waals surface area contributed by atoms with E-state index >= 15 is 0 Å². The van der Waals surface area contributed by atoms with Crippen molar-refractivity contribution < 1.29 is 14.3 Å². The Morgan fingerprint density at radius 1 is 1.35 bits per heavy atom. The lowest BCUT2D eigenvalue weighted by Gasteiger charge is -2.13. The van der Waals surface area contributed by atoms with Crippen molar-refractivity contribution in [1.29, 1.82) is 0 Å². The van der Waals surface area contributed by atoms with E-state index in [0.717, 1.165) is 6.42 Å². The summed E-state index contributed by atoms with van der Waals surface area (Å²) in [4.78, 5) is 11.8. The van der Waals surface area contributed by atoms with Gasteiger partial charge in [0.2, 0.25) is 5.91 Å². The quantitative estimate of drug-likeness (QED) is 0.856. The molecule has 1 amide bonds. The average Bonchev–Trinajstić information content (AvgIpc) is 2.37. The molecule has 17 heavy (non-hydrogen) atoms. The summed E-state index contributed by atoms with van der Waals surface area (Å²) in [6.07, 6.45) is 0.810. The number of carbonyl (C=O) groups is 1. The third-order valence-corrected chi connectivity index (χ3v) is 2.73. The molecule has 1 atom stereocenters. The number of hydrogen-bond acceptors (Lipinski definition) is 3. The molecule has 0 unspecified atom stereocenters. The fraction of sp³-hybridized carbons (Fsp3) is 0.462. The van der Waals surface area contributed by atoms with Crippen LogP contribution in [0.4, 0.5) is 5.69 Å². The normalized spacial score (nSPS) is 11.8. The van der Waals surface area contributed by atoms with Gasteiger partial charge in [-0.25, -0.2) is 0 Å². The molecule has 0 saturated carbocycles. The first kappa shape index (κ1) is 13.4. The second-order valence-electron chi connectivity index (χ2n) is 3.86. The maximum atomic E-state index is 11.8. The highest BCUT2D eigenvalue weighted by molar-refractivity contribution is 5.93. The van der Waals surface area contributed by atoms with Crippen molar-refractivity contribution in [2.45, 2.75) is 20.3 Å². The number of methoxy groups -OCH3 is 2. The van der Waals surface area contributed by atoms with Gasteiger partial charge < -0.3 is 14.8 Å². The largest absolute Gasteiger partial charge is 0.497 e. The zero-order valence-electron chi connectivity index (χ0n) is 10.7. The number of hydrogen-bond donors (Lipinski definition) is 1. The number of nitrogens with one attached hydrogen (secondary N) is 1. The topological polar surface area (TPSA) is 47.6 Å². The highest BCUT2D eigenvalue weighted by atomic mass is 16.5. The smallest absolute Gasteiger partial charge is 0.227 e. The first-order valence-electron chi connectivity index (χ1n) is 5.65. The average molecular weight is 237 g/mol. The van der Waals surface area contributed by atoms with Gasteiger partial charge in [-0.1, -0.05) is 13.8 Å². The van der Waals surface area contributed by atoms with Gasteiger partial charge in [0.05, 0.1) is 19.9 Å². The lowest BCUT2D eigenvalue weighted by atomic mass is 10.1. The molecule has 1 aromatic rings. The number of ether oxygens (including phenoxy) is 2. The lowest BCUT2D eigenvalue weighted by molar-refractivity contribution is -0.119. The first-order valence-corrected chi connectivity index (χ1v) is 5.65. The highest BCUT2D eigenvalue weighted by Gasteiger charge is 2.13. The predicted octanol–water partition coefficient (Wildman–Crippen LogP) is 2.69. The van der Waals surface area contributed by atoms with Crippen LogP contribution in [0.15, 0.2) is 18.2 Å². The molecule has 0 aromatic heterocycles. The lowest BCUT2D eigenvalue weighted by Crippen LogP contribution is -2.20. The molecule has 0 aliphatic rings. The number of anilines is 1. The minimum atomic E-state index is -0.0122. The minimum Gasteiger partial charge on any atom is -0.497 e. The Hall–Kier alpha value is -1.71. The molecule has 94 valence electrons. The van der Waals surface area contributed by atoms with E-state index in [2.05, 4.69) is 5.32 Å². The van der Waals surface area contributed by atoms with Gasteiger partial charge in [-0.2, -0.15) is 0 Å². The third-order valence-electron chi connectivity index (χ3n) is 2.73. The van der Waals surface area contributed by atoms with E-state index in [1.54, 1.807) is 32.4 Å². The van der Waals surface area contributed by atoms with Gasteiger partial charge in [0.1, 0.15) is 11.5 Å². The molecule has 0 heterocycles. The summed E-state index contributed by atoms with van der Waals surface area (Å²) in [6, 6.07) is 5.30. The van der Waals surface area contributed by atoms with Gasteiger partial charge in [-0.3, -0.25) is 4.79 Å². The van der Waals surface area contributed by atoms with Crippen LogP contribution in [-0.2, 0) is 4.79 Å². The SMILES string of the molecule is CC[C@H](C)C(=O)Nc1ccc(OC)cc1OC. The van der Waals surface area contributed by atoms with Gasteiger partial charge >= 0.3 is 0 Å². The molecule has 0 spiro atoms. The van der Waals surface area contributed by atoms with Gasteiger partial charge in [0, 0.05) is 12.0 Å². The summed E-state index contributed by atoms with van der Waals surface area (Å²) in [5.74, 6) is 1.28. The Bertz CT molecular complexity index is 390. The molecule has 1 aromatic carbocycles.